The van der Waals surface area contributed by atoms with Crippen LogP contribution in [-0.2, 0) is 22.4 Å². The molecular formula is C25H30N2O3S. The zero-order valence-corrected chi connectivity index (χ0v) is 19.9. The normalized spacial score (nSPS) is 11.1. The minimum absolute atomic E-state index is 0.0202. The highest BCUT2D eigenvalue weighted by atomic mass is 32.1. The van der Waals surface area contributed by atoms with Gasteiger partial charge >= 0.3 is 0 Å². The van der Waals surface area contributed by atoms with Crippen LogP contribution in [-0.4, -0.2) is 31.5 Å². The number of carbonyl (C=O) groups is 2. The van der Waals surface area contributed by atoms with Crippen LogP contribution in [0.3, 0.4) is 0 Å². The van der Waals surface area contributed by atoms with Crippen LogP contribution in [0.15, 0.2) is 35.9 Å². The van der Waals surface area contributed by atoms with Gasteiger partial charge in [-0.1, -0.05) is 31.5 Å². The molecule has 0 bridgehead atoms. The van der Waals surface area contributed by atoms with Crippen molar-refractivity contribution in [2.75, 3.05) is 19.1 Å². The van der Waals surface area contributed by atoms with Crippen molar-refractivity contribution in [1.82, 2.24) is 5.32 Å². The molecule has 31 heavy (non-hydrogen) atoms. The maximum atomic E-state index is 13.5. The van der Waals surface area contributed by atoms with Gasteiger partial charge in [0.2, 0.25) is 0 Å². The third-order valence-electron chi connectivity index (χ3n) is 5.13. The van der Waals surface area contributed by atoms with E-state index in [1.54, 1.807) is 20.2 Å². The van der Waals surface area contributed by atoms with Crippen molar-refractivity contribution in [3.05, 3.63) is 63.7 Å². The van der Waals surface area contributed by atoms with Crippen LogP contribution >= 0.6 is 12.2 Å². The number of nitrogens with one attached hydrogen (secondary N) is 1. The van der Waals surface area contributed by atoms with Gasteiger partial charge in [-0.2, -0.15) is 0 Å². The molecule has 1 N–H and O–H groups in total. The van der Waals surface area contributed by atoms with Gasteiger partial charge in [0.25, 0.3) is 5.91 Å². The molecule has 0 aliphatic heterocycles. The lowest BCUT2D eigenvalue weighted by Gasteiger charge is -2.25. The third kappa shape index (κ3) is 5.39. The molecule has 2 aromatic rings. The van der Waals surface area contributed by atoms with Gasteiger partial charge in [0, 0.05) is 7.05 Å². The van der Waals surface area contributed by atoms with E-state index in [1.807, 2.05) is 58.0 Å². The topological polar surface area (TPSA) is 58.6 Å². The molecule has 2 aromatic carbocycles. The van der Waals surface area contributed by atoms with Gasteiger partial charge in [-0.05, 0) is 85.4 Å². The second-order valence-corrected chi connectivity index (χ2v) is 7.67. The first-order valence-corrected chi connectivity index (χ1v) is 10.7. The minimum Gasteiger partial charge on any atom is -0.496 e. The molecule has 0 unspecified atom stereocenters. The van der Waals surface area contributed by atoms with E-state index in [2.05, 4.69) is 5.32 Å². The molecule has 0 saturated heterocycles. The van der Waals surface area contributed by atoms with E-state index in [-0.39, 0.29) is 10.7 Å². The molecular weight excluding hydrogens is 408 g/mol. The minimum atomic E-state index is -0.473. The Morgan fingerprint density at radius 2 is 1.81 bits per heavy atom. The Hall–Kier alpha value is -2.99. The highest BCUT2D eigenvalue weighted by Gasteiger charge is 2.25. The van der Waals surface area contributed by atoms with Crippen molar-refractivity contribution >= 4 is 41.3 Å². The van der Waals surface area contributed by atoms with Gasteiger partial charge in [-0.25, -0.2) is 0 Å². The first-order chi connectivity index (χ1) is 14.8. The molecule has 0 aliphatic carbocycles. The molecule has 1 amide bonds. The molecule has 0 atom stereocenters. The Morgan fingerprint density at radius 3 is 2.35 bits per heavy atom. The quantitative estimate of drug-likeness (QED) is 0.226. The van der Waals surface area contributed by atoms with Gasteiger partial charge in [0.05, 0.1) is 18.4 Å². The summed E-state index contributed by atoms with van der Waals surface area (Å²) in [6.45, 7) is 8.00. The number of amides is 1. The fraction of sp³-hybridized carbons (Fsp3) is 0.320. The van der Waals surface area contributed by atoms with Gasteiger partial charge in [0.15, 0.2) is 11.4 Å². The summed E-state index contributed by atoms with van der Waals surface area (Å²) in [7, 11) is 3.30. The SMILES string of the molecule is CCc1cc(C)ccc1N(C(=O)/C(C=O)=C/c1cc(C)c(OC)c(CC)c1)C(=S)NC. The predicted molar refractivity (Wildman–Crippen MR) is 131 cm³/mol. The van der Waals surface area contributed by atoms with Gasteiger partial charge in [0.1, 0.15) is 5.75 Å². The largest absolute Gasteiger partial charge is 0.496 e. The number of ether oxygens (including phenoxy) is 1. The number of hydrogen-bond donors (Lipinski definition) is 1. The van der Waals surface area contributed by atoms with Crippen LogP contribution in [0.5, 0.6) is 5.75 Å². The summed E-state index contributed by atoms with van der Waals surface area (Å²) >= 11 is 5.43. The van der Waals surface area contributed by atoms with Crippen LogP contribution in [0.2, 0.25) is 0 Å². The van der Waals surface area contributed by atoms with Crippen LogP contribution in [0, 0.1) is 13.8 Å². The monoisotopic (exact) mass is 438 g/mol. The van der Waals surface area contributed by atoms with E-state index < -0.39 is 5.91 Å². The second-order valence-electron chi connectivity index (χ2n) is 7.28. The van der Waals surface area contributed by atoms with Crippen molar-refractivity contribution in [2.24, 2.45) is 0 Å². The number of thiocarbonyl (C=S) groups is 1. The Labute approximate surface area is 190 Å². The maximum Gasteiger partial charge on any atom is 0.267 e. The van der Waals surface area contributed by atoms with E-state index in [9.17, 15) is 9.59 Å². The van der Waals surface area contributed by atoms with Crippen LogP contribution in [0.25, 0.3) is 6.08 Å². The Kier molecular flexibility index (Phi) is 8.51. The number of nitrogens with zero attached hydrogens (tertiary/aromatic N) is 1. The second kappa shape index (κ2) is 10.9. The van der Waals surface area contributed by atoms with Crippen molar-refractivity contribution in [3.8, 4) is 5.75 Å². The highest BCUT2D eigenvalue weighted by molar-refractivity contribution is 7.80. The fourth-order valence-corrected chi connectivity index (χ4v) is 3.79. The molecule has 6 heteroatoms. The number of methoxy groups -OCH3 is 1. The maximum absolute atomic E-state index is 13.5. The Bertz CT molecular complexity index is 1030. The lowest BCUT2D eigenvalue weighted by atomic mass is 10.0. The number of aldehydes is 1. The summed E-state index contributed by atoms with van der Waals surface area (Å²) in [5.41, 5.74) is 5.49. The average Bonchev–Trinajstić information content (AvgIpc) is 2.77. The summed E-state index contributed by atoms with van der Waals surface area (Å²) < 4.78 is 5.49. The molecule has 2 rings (SSSR count). The zero-order valence-electron chi connectivity index (χ0n) is 19.0. The highest BCUT2D eigenvalue weighted by Crippen LogP contribution is 2.28. The Morgan fingerprint density at radius 1 is 1.13 bits per heavy atom. The molecule has 0 aliphatic rings. The van der Waals surface area contributed by atoms with Gasteiger partial charge in [-0.15, -0.1) is 0 Å². The molecule has 5 nitrogen and oxygen atoms in total. The molecule has 0 fully saturated rings. The summed E-state index contributed by atoms with van der Waals surface area (Å²) in [4.78, 5) is 26.8. The van der Waals surface area contributed by atoms with Crippen LogP contribution in [0.1, 0.15) is 41.7 Å². The predicted octanol–water partition coefficient (Wildman–Crippen LogP) is 4.56. The average molecular weight is 439 g/mol. The smallest absolute Gasteiger partial charge is 0.267 e. The van der Waals surface area contributed by atoms with Gasteiger partial charge < -0.3 is 10.1 Å². The summed E-state index contributed by atoms with van der Waals surface area (Å²) in [6.07, 6.45) is 3.69. The lowest BCUT2D eigenvalue weighted by Crippen LogP contribution is -2.43. The van der Waals surface area contributed by atoms with Crippen molar-refractivity contribution in [2.45, 2.75) is 40.5 Å². The number of anilines is 1. The van der Waals surface area contributed by atoms with Crippen LogP contribution in [0.4, 0.5) is 5.69 Å². The van der Waals surface area contributed by atoms with E-state index in [1.165, 1.54) is 4.90 Å². The molecule has 0 aromatic heterocycles. The molecule has 0 saturated carbocycles. The number of rotatable bonds is 7. The first-order valence-electron chi connectivity index (χ1n) is 10.3. The number of hydrogen-bond acceptors (Lipinski definition) is 4. The third-order valence-corrected chi connectivity index (χ3v) is 5.52. The molecule has 164 valence electrons. The summed E-state index contributed by atoms with van der Waals surface area (Å²) in [5.74, 6) is 0.350. The summed E-state index contributed by atoms with van der Waals surface area (Å²) in [6, 6.07) is 9.66. The van der Waals surface area contributed by atoms with E-state index in [0.717, 1.165) is 46.4 Å². The van der Waals surface area contributed by atoms with E-state index in [0.29, 0.717) is 12.0 Å². The summed E-state index contributed by atoms with van der Waals surface area (Å²) in [5, 5.41) is 3.11. The number of benzene rings is 2. The Balaban J connectivity index is 2.59. The zero-order chi connectivity index (χ0) is 23.1. The first kappa shape index (κ1) is 24.3. The number of aryl methyl sites for hydroxylation is 4. The molecule has 0 spiro atoms. The van der Waals surface area contributed by atoms with Crippen molar-refractivity contribution < 1.29 is 14.3 Å². The standard InChI is InChI=1S/C25H30N2O3S/c1-7-19-11-16(3)9-10-22(19)27(25(31)26-5)24(29)21(15-28)14-18-12-17(4)23(30-6)20(8-2)13-18/h9-15H,7-8H2,1-6H3,(H,26,31)/b21-14+. The van der Waals surface area contributed by atoms with Gasteiger partial charge in [-0.3, -0.25) is 14.5 Å². The fourth-order valence-electron chi connectivity index (χ4n) is 3.61. The lowest BCUT2D eigenvalue weighted by molar-refractivity contribution is -0.116. The van der Waals surface area contributed by atoms with E-state index >= 15 is 0 Å². The van der Waals surface area contributed by atoms with Crippen molar-refractivity contribution in [1.29, 1.82) is 0 Å². The molecule has 0 radical (unpaired) electrons. The molecule has 0 heterocycles. The van der Waals surface area contributed by atoms with E-state index in [4.69, 9.17) is 17.0 Å². The van der Waals surface area contributed by atoms with Crippen molar-refractivity contribution in [3.63, 3.8) is 0 Å². The number of carbonyl (C=O) groups excluding carboxylic acids is 2. The van der Waals surface area contributed by atoms with Crippen LogP contribution < -0.4 is 15.0 Å².